The van der Waals surface area contributed by atoms with Gasteiger partial charge in [-0.25, -0.2) is 0 Å². The molecule has 3 rings (SSSR count). The van der Waals surface area contributed by atoms with E-state index in [-0.39, 0.29) is 17.9 Å². The van der Waals surface area contributed by atoms with Crippen LogP contribution in [0.5, 0.6) is 0 Å². The number of hydrogen-bond donors (Lipinski definition) is 1. The van der Waals surface area contributed by atoms with Gasteiger partial charge in [0, 0.05) is 19.0 Å². The van der Waals surface area contributed by atoms with Gasteiger partial charge in [0.25, 0.3) is 0 Å². The summed E-state index contributed by atoms with van der Waals surface area (Å²) in [6, 6.07) is 20.1. The number of carbonyl (C=O) groups excluding carboxylic acids is 2. The minimum Gasteiger partial charge on any atom is -0.352 e. The first kappa shape index (κ1) is 23.1. The van der Waals surface area contributed by atoms with Gasteiger partial charge in [-0.15, -0.1) is 0 Å². The van der Waals surface area contributed by atoms with Gasteiger partial charge in [0.15, 0.2) is 0 Å². The van der Waals surface area contributed by atoms with Crippen LogP contribution in [0, 0.1) is 0 Å². The monoisotopic (exact) mass is 420 g/mol. The Morgan fingerprint density at radius 2 is 1.48 bits per heavy atom. The number of nitrogens with one attached hydrogen (secondary N) is 1. The van der Waals surface area contributed by atoms with Crippen molar-refractivity contribution >= 4 is 11.8 Å². The Morgan fingerprint density at radius 3 is 2.06 bits per heavy atom. The highest BCUT2D eigenvalue weighted by Gasteiger charge is 2.29. The number of hydrogen-bond acceptors (Lipinski definition) is 2. The van der Waals surface area contributed by atoms with Crippen LogP contribution in [0.15, 0.2) is 60.7 Å². The van der Waals surface area contributed by atoms with Crippen molar-refractivity contribution < 1.29 is 9.59 Å². The van der Waals surface area contributed by atoms with Gasteiger partial charge >= 0.3 is 0 Å². The van der Waals surface area contributed by atoms with Gasteiger partial charge < -0.3 is 10.2 Å². The second kappa shape index (κ2) is 12.3. The zero-order chi connectivity index (χ0) is 21.9. The van der Waals surface area contributed by atoms with Crippen LogP contribution < -0.4 is 5.32 Å². The van der Waals surface area contributed by atoms with E-state index >= 15 is 0 Å². The van der Waals surface area contributed by atoms with E-state index in [0.717, 1.165) is 24.8 Å². The zero-order valence-electron chi connectivity index (χ0n) is 18.8. The van der Waals surface area contributed by atoms with Gasteiger partial charge in [-0.2, -0.15) is 0 Å². The van der Waals surface area contributed by atoms with Gasteiger partial charge in [-0.3, -0.25) is 9.59 Å². The Bertz CT molecular complexity index is 801. The summed E-state index contributed by atoms with van der Waals surface area (Å²) >= 11 is 0. The average Bonchev–Trinajstić information content (AvgIpc) is 2.82. The predicted octanol–water partition coefficient (Wildman–Crippen LogP) is 4.92. The van der Waals surface area contributed by atoms with Crippen LogP contribution in [0.4, 0.5) is 0 Å². The summed E-state index contributed by atoms with van der Waals surface area (Å²) in [5.74, 6) is 0.0703. The van der Waals surface area contributed by atoms with Gasteiger partial charge in [0.1, 0.15) is 6.04 Å². The molecule has 31 heavy (non-hydrogen) atoms. The van der Waals surface area contributed by atoms with E-state index < -0.39 is 6.04 Å². The lowest BCUT2D eigenvalue weighted by Gasteiger charge is -2.33. The lowest BCUT2D eigenvalue weighted by atomic mass is 9.95. The normalized spacial score (nSPS) is 15.3. The molecule has 1 N–H and O–H groups in total. The van der Waals surface area contributed by atoms with Crippen LogP contribution in [0.25, 0.3) is 0 Å². The third-order valence-corrected chi connectivity index (χ3v) is 6.29. The Hall–Kier alpha value is -2.62. The maximum atomic E-state index is 13.3. The molecule has 2 amide bonds. The molecule has 2 aromatic rings. The zero-order valence-corrected chi connectivity index (χ0v) is 18.8. The molecule has 0 radical (unpaired) electrons. The maximum Gasteiger partial charge on any atom is 0.243 e. The van der Waals surface area contributed by atoms with Crippen LogP contribution in [-0.4, -0.2) is 35.3 Å². The molecule has 0 spiro atoms. The van der Waals surface area contributed by atoms with E-state index in [4.69, 9.17) is 0 Å². The van der Waals surface area contributed by atoms with Crippen molar-refractivity contribution in [3.63, 3.8) is 0 Å². The Balaban J connectivity index is 1.68. The van der Waals surface area contributed by atoms with Crippen molar-refractivity contribution in [3.05, 3.63) is 71.8 Å². The van der Waals surface area contributed by atoms with E-state index in [1.807, 2.05) is 48.2 Å². The van der Waals surface area contributed by atoms with Crippen molar-refractivity contribution in [3.8, 4) is 0 Å². The molecule has 0 heterocycles. The highest BCUT2D eigenvalue weighted by atomic mass is 16.2. The molecule has 1 aliphatic rings. The molecule has 1 aliphatic carbocycles. The molecular formula is C27H36N2O2. The molecule has 166 valence electrons. The van der Waals surface area contributed by atoms with Crippen LogP contribution >= 0.6 is 0 Å². The smallest absolute Gasteiger partial charge is 0.243 e. The summed E-state index contributed by atoms with van der Waals surface area (Å²) < 4.78 is 0. The second-order valence-corrected chi connectivity index (χ2v) is 8.58. The third kappa shape index (κ3) is 7.23. The molecule has 2 aromatic carbocycles. The number of amides is 2. The van der Waals surface area contributed by atoms with Crippen molar-refractivity contribution in [1.82, 2.24) is 10.2 Å². The molecule has 0 aromatic heterocycles. The largest absolute Gasteiger partial charge is 0.352 e. The number of benzene rings is 2. The fourth-order valence-corrected chi connectivity index (χ4v) is 4.48. The fraction of sp³-hybridized carbons (Fsp3) is 0.481. The van der Waals surface area contributed by atoms with Crippen molar-refractivity contribution in [2.75, 3.05) is 6.54 Å². The van der Waals surface area contributed by atoms with E-state index in [1.165, 1.54) is 24.8 Å². The third-order valence-electron chi connectivity index (χ3n) is 6.29. The number of aryl methyl sites for hydroxylation is 1. The van der Waals surface area contributed by atoms with E-state index in [0.29, 0.717) is 25.8 Å². The molecular weight excluding hydrogens is 384 g/mol. The molecule has 0 saturated heterocycles. The number of nitrogens with zero attached hydrogens (tertiary/aromatic N) is 1. The van der Waals surface area contributed by atoms with Crippen LogP contribution in [0.2, 0.25) is 0 Å². The van der Waals surface area contributed by atoms with Crippen molar-refractivity contribution in [2.24, 2.45) is 0 Å². The van der Waals surface area contributed by atoms with Crippen molar-refractivity contribution in [1.29, 1.82) is 0 Å². The summed E-state index contributed by atoms with van der Waals surface area (Å²) in [6.07, 6.45) is 8.21. The van der Waals surface area contributed by atoms with Gasteiger partial charge in [-0.05, 0) is 43.2 Å². The first-order valence-electron chi connectivity index (χ1n) is 11.8. The molecule has 1 fully saturated rings. The fourth-order valence-electron chi connectivity index (χ4n) is 4.48. The maximum absolute atomic E-state index is 13.3. The summed E-state index contributed by atoms with van der Waals surface area (Å²) in [5.41, 5.74) is 2.34. The van der Waals surface area contributed by atoms with Crippen molar-refractivity contribution in [2.45, 2.75) is 76.8 Å². The molecule has 1 saturated carbocycles. The Labute approximate surface area is 187 Å². The highest BCUT2D eigenvalue weighted by molar-refractivity contribution is 5.88. The quantitative estimate of drug-likeness (QED) is 0.593. The Kier molecular flexibility index (Phi) is 9.14. The van der Waals surface area contributed by atoms with E-state index in [2.05, 4.69) is 29.6 Å². The van der Waals surface area contributed by atoms with Crippen LogP contribution in [0.3, 0.4) is 0 Å². The first-order chi connectivity index (χ1) is 15.2. The number of carbonyl (C=O) groups is 2. The van der Waals surface area contributed by atoms with Crippen LogP contribution in [-0.2, 0) is 22.4 Å². The predicted molar refractivity (Wildman–Crippen MR) is 126 cm³/mol. The molecule has 4 nitrogen and oxygen atoms in total. The molecule has 4 heteroatoms. The molecule has 1 atom stereocenters. The summed E-state index contributed by atoms with van der Waals surface area (Å²) in [6.45, 7) is 2.57. The highest BCUT2D eigenvalue weighted by Crippen LogP contribution is 2.19. The Morgan fingerprint density at radius 1 is 0.903 bits per heavy atom. The second-order valence-electron chi connectivity index (χ2n) is 8.58. The average molecular weight is 421 g/mol. The first-order valence-corrected chi connectivity index (χ1v) is 11.8. The van der Waals surface area contributed by atoms with Gasteiger partial charge in [0.2, 0.25) is 11.8 Å². The standard InChI is InChI=1S/C27H36N2O2/c1-2-25(27(31)28-24-16-10-5-11-17-24)29(21-20-23-14-8-4-9-15-23)26(30)19-18-22-12-6-3-7-13-22/h3-4,6-9,12-15,24-25H,2,5,10-11,16-21H2,1H3,(H,28,31)/t25-/m0/s1. The minimum absolute atomic E-state index is 0.00974. The summed E-state index contributed by atoms with van der Waals surface area (Å²) in [4.78, 5) is 28.3. The van der Waals surface area contributed by atoms with E-state index in [1.54, 1.807) is 0 Å². The lowest BCUT2D eigenvalue weighted by molar-refractivity contribution is -0.141. The number of rotatable bonds is 10. The molecule has 0 aliphatic heterocycles. The molecule has 0 bridgehead atoms. The van der Waals surface area contributed by atoms with Crippen LogP contribution in [0.1, 0.15) is 63.0 Å². The summed E-state index contributed by atoms with van der Waals surface area (Å²) in [7, 11) is 0. The molecule has 0 unspecified atom stereocenters. The summed E-state index contributed by atoms with van der Waals surface area (Å²) in [5, 5.41) is 3.24. The lowest BCUT2D eigenvalue weighted by Crippen LogP contribution is -2.52. The SMILES string of the molecule is CC[C@@H](C(=O)NC1CCCCC1)N(CCc1ccccc1)C(=O)CCc1ccccc1. The van der Waals surface area contributed by atoms with Gasteiger partial charge in [0.05, 0.1) is 0 Å². The van der Waals surface area contributed by atoms with Gasteiger partial charge in [-0.1, -0.05) is 86.8 Å². The topological polar surface area (TPSA) is 49.4 Å². The minimum atomic E-state index is -0.408. The van der Waals surface area contributed by atoms with E-state index in [9.17, 15) is 9.59 Å².